The van der Waals surface area contributed by atoms with Gasteiger partial charge in [0.05, 0.1) is 6.20 Å². The molecule has 1 heterocycles. The number of aryl methyl sites for hydroxylation is 1. The van der Waals surface area contributed by atoms with Crippen LogP contribution in [0.15, 0.2) is 36.3 Å². The minimum Gasteiger partial charge on any atom is -0.493 e. The smallest absolute Gasteiger partial charge is 0.331 e. The molecule has 0 aliphatic carbocycles. The van der Waals surface area contributed by atoms with Crippen LogP contribution in [0.2, 0.25) is 0 Å². The van der Waals surface area contributed by atoms with Crippen molar-refractivity contribution in [3.8, 4) is 5.88 Å². The molecule has 0 saturated carbocycles. The summed E-state index contributed by atoms with van der Waals surface area (Å²) in [6.45, 7) is 17.7. The Labute approximate surface area is 232 Å². The molecular weight excluding hydrogens is 476 g/mol. The van der Waals surface area contributed by atoms with E-state index >= 15 is 0 Å². The molecule has 0 amide bonds. The van der Waals surface area contributed by atoms with E-state index in [1.165, 1.54) is 30.0 Å². The zero-order valence-electron chi connectivity index (χ0n) is 24.9. The molecule has 220 valence electrons. The van der Waals surface area contributed by atoms with E-state index in [1.54, 1.807) is 4.57 Å². The summed E-state index contributed by atoms with van der Waals surface area (Å²) in [4.78, 5) is 12.3. The van der Waals surface area contributed by atoms with Crippen molar-refractivity contribution in [2.45, 2.75) is 130 Å². The van der Waals surface area contributed by atoms with Crippen LogP contribution in [0.3, 0.4) is 0 Å². The van der Waals surface area contributed by atoms with Gasteiger partial charge < -0.3 is 14.9 Å². The molecule has 1 rings (SSSR count). The van der Waals surface area contributed by atoms with E-state index in [4.69, 9.17) is 9.84 Å². The summed E-state index contributed by atoms with van der Waals surface area (Å²) in [5.41, 5.74) is 0.240. The Morgan fingerprint density at radius 3 is 1.74 bits per heavy atom. The zero-order valence-corrected chi connectivity index (χ0v) is 24.9. The second-order valence-electron chi connectivity index (χ2n) is 11.1. The average molecular weight is 535 g/mol. The maximum atomic E-state index is 12.3. The van der Waals surface area contributed by atoms with Gasteiger partial charge in [-0.1, -0.05) is 58.1 Å². The SMILES string of the molecule is C=CC(CC)(CCCCCO)CCCCOCCCCC(C=C)(CC)CCCCn1c(O)cn(CC)c1=O. The van der Waals surface area contributed by atoms with Gasteiger partial charge in [0.25, 0.3) is 0 Å². The van der Waals surface area contributed by atoms with Crippen LogP contribution in [-0.4, -0.2) is 39.2 Å². The van der Waals surface area contributed by atoms with Crippen molar-refractivity contribution in [2.24, 2.45) is 10.8 Å². The van der Waals surface area contributed by atoms with Gasteiger partial charge in [-0.05, 0) is 82.0 Å². The number of aromatic nitrogens is 2. The van der Waals surface area contributed by atoms with E-state index in [-0.39, 0.29) is 22.4 Å². The Bertz CT molecular complexity index is 830. The Morgan fingerprint density at radius 2 is 1.32 bits per heavy atom. The first-order valence-electron chi connectivity index (χ1n) is 15.3. The van der Waals surface area contributed by atoms with E-state index in [0.717, 1.165) is 90.3 Å². The van der Waals surface area contributed by atoms with Gasteiger partial charge in [0.15, 0.2) is 0 Å². The summed E-state index contributed by atoms with van der Waals surface area (Å²) in [5.74, 6) is 0.0574. The molecule has 0 fully saturated rings. The van der Waals surface area contributed by atoms with E-state index in [2.05, 4.69) is 39.2 Å². The van der Waals surface area contributed by atoms with Crippen molar-refractivity contribution in [1.29, 1.82) is 0 Å². The van der Waals surface area contributed by atoms with Gasteiger partial charge in [0.2, 0.25) is 5.88 Å². The lowest BCUT2D eigenvalue weighted by Crippen LogP contribution is -2.24. The number of allylic oxidation sites excluding steroid dienone is 2. The lowest BCUT2D eigenvalue weighted by molar-refractivity contribution is 0.120. The molecular formula is C32H58N2O4. The van der Waals surface area contributed by atoms with Crippen LogP contribution < -0.4 is 5.69 Å². The molecule has 2 unspecified atom stereocenters. The third-order valence-corrected chi connectivity index (χ3v) is 8.71. The molecule has 0 aliphatic heterocycles. The maximum absolute atomic E-state index is 12.3. The minimum atomic E-state index is -0.130. The third kappa shape index (κ3) is 11.5. The molecule has 1 aromatic rings. The number of imidazole rings is 1. The first-order valence-corrected chi connectivity index (χ1v) is 15.3. The molecule has 0 spiro atoms. The van der Waals surface area contributed by atoms with Gasteiger partial charge in [0, 0.05) is 32.9 Å². The van der Waals surface area contributed by atoms with Crippen molar-refractivity contribution >= 4 is 0 Å². The van der Waals surface area contributed by atoms with Crippen LogP contribution in [0.25, 0.3) is 0 Å². The molecule has 0 aliphatic rings. The summed E-state index contributed by atoms with van der Waals surface area (Å²) in [5, 5.41) is 19.0. The predicted octanol–water partition coefficient (Wildman–Crippen LogP) is 7.62. The number of unbranched alkanes of at least 4 members (excludes halogenated alkanes) is 5. The first-order chi connectivity index (χ1) is 18.4. The first kappa shape index (κ1) is 34.2. The summed E-state index contributed by atoms with van der Waals surface area (Å²) in [6, 6.07) is 0. The molecule has 0 saturated heterocycles. The summed E-state index contributed by atoms with van der Waals surface area (Å²) in [7, 11) is 0. The van der Waals surface area contributed by atoms with E-state index in [9.17, 15) is 9.90 Å². The van der Waals surface area contributed by atoms with E-state index < -0.39 is 0 Å². The average Bonchev–Trinajstić information content (AvgIpc) is 3.22. The Hall–Kier alpha value is -1.79. The molecule has 0 bridgehead atoms. The lowest BCUT2D eigenvalue weighted by Gasteiger charge is -2.30. The number of rotatable bonds is 25. The third-order valence-electron chi connectivity index (χ3n) is 8.71. The van der Waals surface area contributed by atoms with Gasteiger partial charge in [-0.3, -0.25) is 9.13 Å². The van der Waals surface area contributed by atoms with Crippen LogP contribution in [0.4, 0.5) is 0 Å². The van der Waals surface area contributed by atoms with Crippen LogP contribution in [0, 0.1) is 10.8 Å². The van der Waals surface area contributed by atoms with E-state index in [0.29, 0.717) is 19.7 Å². The number of aliphatic hydroxyl groups excluding tert-OH is 1. The molecule has 0 radical (unpaired) electrons. The van der Waals surface area contributed by atoms with Gasteiger partial charge in [-0.2, -0.15) is 0 Å². The van der Waals surface area contributed by atoms with Crippen molar-refractivity contribution in [3.63, 3.8) is 0 Å². The fourth-order valence-electron chi connectivity index (χ4n) is 5.59. The predicted molar refractivity (Wildman–Crippen MR) is 160 cm³/mol. The number of hydrogen-bond acceptors (Lipinski definition) is 4. The Kier molecular flexibility index (Phi) is 17.4. The Balaban J connectivity index is 2.26. The normalized spacial score (nSPS) is 14.7. The van der Waals surface area contributed by atoms with Crippen LogP contribution in [-0.2, 0) is 17.8 Å². The molecule has 6 nitrogen and oxygen atoms in total. The molecule has 0 aromatic carbocycles. The number of ether oxygens (including phenoxy) is 1. The topological polar surface area (TPSA) is 76.6 Å². The monoisotopic (exact) mass is 534 g/mol. The van der Waals surface area contributed by atoms with Crippen molar-refractivity contribution < 1.29 is 14.9 Å². The second kappa shape index (κ2) is 19.3. The molecule has 2 atom stereocenters. The highest BCUT2D eigenvalue weighted by atomic mass is 16.5. The van der Waals surface area contributed by atoms with Gasteiger partial charge in [0.1, 0.15) is 0 Å². The fraction of sp³-hybridized carbons (Fsp3) is 0.781. The van der Waals surface area contributed by atoms with Crippen molar-refractivity contribution in [3.05, 3.63) is 42.0 Å². The van der Waals surface area contributed by atoms with Gasteiger partial charge >= 0.3 is 5.69 Å². The van der Waals surface area contributed by atoms with Gasteiger partial charge in [-0.25, -0.2) is 4.79 Å². The number of aromatic hydroxyl groups is 1. The summed E-state index contributed by atoms with van der Waals surface area (Å²) in [6.07, 6.45) is 22.0. The highest BCUT2D eigenvalue weighted by Crippen LogP contribution is 2.37. The van der Waals surface area contributed by atoms with E-state index in [1.807, 2.05) is 6.92 Å². The molecule has 1 aromatic heterocycles. The Morgan fingerprint density at radius 1 is 0.816 bits per heavy atom. The molecule has 38 heavy (non-hydrogen) atoms. The standard InChI is InChI=1S/C32H58N2O4/c1-6-31(7-2,20-12-11-17-25-35)22-14-18-26-38-27-19-15-23-32(8-3,9-4)21-13-16-24-34-29(36)28-33(10-5)30(34)37/h6,8,28,35-36H,1,3,7,9-27H2,2,4-5H3. The van der Waals surface area contributed by atoms with Crippen LogP contribution in [0.1, 0.15) is 117 Å². The molecule has 6 heteroatoms. The number of aliphatic hydroxyl groups is 1. The lowest BCUT2D eigenvalue weighted by atomic mass is 9.76. The molecule has 2 N–H and O–H groups in total. The zero-order chi connectivity index (χ0) is 28.3. The summed E-state index contributed by atoms with van der Waals surface area (Å²) >= 11 is 0. The number of nitrogens with zero attached hydrogens (tertiary/aromatic N) is 2. The minimum absolute atomic E-state index is 0.0574. The fourth-order valence-corrected chi connectivity index (χ4v) is 5.59. The highest BCUT2D eigenvalue weighted by molar-refractivity contribution is 5.05. The van der Waals surface area contributed by atoms with Crippen LogP contribution in [0.5, 0.6) is 5.88 Å². The highest BCUT2D eigenvalue weighted by Gasteiger charge is 2.24. The summed E-state index contributed by atoms with van der Waals surface area (Å²) < 4.78 is 8.97. The van der Waals surface area contributed by atoms with Crippen LogP contribution >= 0.6 is 0 Å². The second-order valence-corrected chi connectivity index (χ2v) is 11.1. The largest absolute Gasteiger partial charge is 0.493 e. The quantitative estimate of drug-likeness (QED) is 0.0999. The van der Waals surface area contributed by atoms with Crippen molar-refractivity contribution in [1.82, 2.24) is 9.13 Å². The van der Waals surface area contributed by atoms with Gasteiger partial charge in [-0.15, -0.1) is 13.2 Å². The number of hydrogen-bond donors (Lipinski definition) is 2. The maximum Gasteiger partial charge on any atom is 0.331 e. The van der Waals surface area contributed by atoms with Crippen molar-refractivity contribution in [2.75, 3.05) is 19.8 Å².